The van der Waals surface area contributed by atoms with Gasteiger partial charge < -0.3 is 4.74 Å². The Morgan fingerprint density at radius 2 is 2.05 bits per heavy atom. The van der Waals surface area contributed by atoms with E-state index in [0.717, 1.165) is 11.4 Å². The van der Waals surface area contributed by atoms with Gasteiger partial charge in [-0.05, 0) is 36.1 Å². The Bertz CT molecular complexity index is 726. The summed E-state index contributed by atoms with van der Waals surface area (Å²) in [4.78, 5) is 21.7. The maximum atomic E-state index is 12.9. The molecule has 2 aromatic heterocycles. The fraction of sp³-hybridized carbons (Fsp3) is 0.353. The molecule has 0 spiro atoms. The van der Waals surface area contributed by atoms with Crippen LogP contribution in [0.5, 0.6) is 5.75 Å². The summed E-state index contributed by atoms with van der Waals surface area (Å²) in [7, 11) is 1.60. The summed E-state index contributed by atoms with van der Waals surface area (Å²) in [6.45, 7) is 4.13. The molecule has 1 unspecified atom stereocenters. The van der Waals surface area contributed by atoms with Crippen LogP contribution in [0, 0.1) is 5.41 Å². The van der Waals surface area contributed by atoms with E-state index in [0.29, 0.717) is 22.9 Å². The summed E-state index contributed by atoms with van der Waals surface area (Å²) in [5, 5.41) is 0.420. The van der Waals surface area contributed by atoms with Gasteiger partial charge in [-0.2, -0.15) is 0 Å². The van der Waals surface area contributed by atoms with Gasteiger partial charge >= 0.3 is 0 Å². The van der Waals surface area contributed by atoms with Crippen molar-refractivity contribution in [2.75, 3.05) is 7.11 Å². The number of ketones is 1. The summed E-state index contributed by atoms with van der Waals surface area (Å²) in [6.07, 6.45) is 2.33. The highest BCUT2D eigenvalue weighted by molar-refractivity contribution is 6.29. The smallest absolute Gasteiger partial charge is 0.174 e. The number of aromatic nitrogens is 2. The minimum atomic E-state index is -0.297. The molecule has 0 N–H and O–H groups in total. The number of halogens is 1. The molecule has 0 bridgehead atoms. The Kier molecular flexibility index (Phi) is 3.65. The summed E-state index contributed by atoms with van der Waals surface area (Å²) < 4.78 is 5.13. The Morgan fingerprint density at radius 3 is 2.68 bits per heavy atom. The van der Waals surface area contributed by atoms with Crippen molar-refractivity contribution in [2.45, 2.75) is 26.2 Å². The Balaban J connectivity index is 2.07. The van der Waals surface area contributed by atoms with Crippen LogP contribution < -0.4 is 4.74 Å². The molecule has 0 aliphatic heterocycles. The second-order valence-corrected chi connectivity index (χ2v) is 6.60. The van der Waals surface area contributed by atoms with E-state index in [1.165, 1.54) is 0 Å². The second-order valence-electron chi connectivity index (χ2n) is 6.21. The molecule has 3 rings (SSSR count). The van der Waals surface area contributed by atoms with Gasteiger partial charge in [0.15, 0.2) is 5.78 Å². The Morgan fingerprint density at radius 1 is 1.27 bits per heavy atom. The quantitative estimate of drug-likeness (QED) is 0.793. The lowest BCUT2D eigenvalue weighted by Crippen LogP contribution is -2.37. The molecule has 0 amide bonds. The fourth-order valence-corrected chi connectivity index (χ4v) is 3.26. The summed E-state index contributed by atoms with van der Waals surface area (Å²) in [5.41, 5.74) is 1.90. The topological polar surface area (TPSA) is 52.1 Å². The average molecular weight is 317 g/mol. The first kappa shape index (κ1) is 15.0. The van der Waals surface area contributed by atoms with Crippen LogP contribution in [0.2, 0.25) is 5.15 Å². The van der Waals surface area contributed by atoms with Crippen molar-refractivity contribution in [1.82, 2.24) is 9.97 Å². The molecule has 4 nitrogen and oxygen atoms in total. The van der Waals surface area contributed by atoms with Gasteiger partial charge in [0.05, 0.1) is 30.6 Å². The molecule has 5 heteroatoms. The molecule has 2 aromatic rings. The normalized spacial score (nSPS) is 19.6. The predicted octanol–water partition coefficient (Wildman–Crippen LogP) is 3.69. The number of Topliss-reactive ketones (excluding diaryl/α,β-unsaturated/α-hetero) is 1. The van der Waals surface area contributed by atoms with Crippen molar-refractivity contribution >= 4 is 17.4 Å². The number of hydrogen-bond acceptors (Lipinski definition) is 4. The maximum Gasteiger partial charge on any atom is 0.174 e. The molecule has 2 heterocycles. The molecular weight excluding hydrogens is 300 g/mol. The average Bonchev–Trinajstić information content (AvgIpc) is 2.46. The first-order valence-electron chi connectivity index (χ1n) is 7.12. The highest BCUT2D eigenvalue weighted by Gasteiger charge is 2.43. The van der Waals surface area contributed by atoms with Gasteiger partial charge in [0, 0.05) is 5.56 Å². The summed E-state index contributed by atoms with van der Waals surface area (Å²) in [5.74, 6) is 0.431. The van der Waals surface area contributed by atoms with Crippen LogP contribution in [-0.4, -0.2) is 22.9 Å². The molecule has 1 aliphatic carbocycles. The van der Waals surface area contributed by atoms with Crippen molar-refractivity contribution in [3.05, 3.63) is 52.6 Å². The van der Waals surface area contributed by atoms with Crippen LogP contribution in [0.15, 0.2) is 30.5 Å². The minimum Gasteiger partial charge on any atom is -0.495 e. The molecule has 0 fully saturated rings. The van der Waals surface area contributed by atoms with Crippen molar-refractivity contribution in [2.24, 2.45) is 5.41 Å². The van der Waals surface area contributed by atoms with Gasteiger partial charge in [0.2, 0.25) is 0 Å². The van der Waals surface area contributed by atoms with Crippen LogP contribution in [0.4, 0.5) is 0 Å². The molecule has 22 heavy (non-hydrogen) atoms. The molecule has 1 aliphatic rings. The monoisotopic (exact) mass is 316 g/mol. The van der Waals surface area contributed by atoms with Crippen LogP contribution in [0.25, 0.3) is 0 Å². The van der Waals surface area contributed by atoms with E-state index < -0.39 is 0 Å². The van der Waals surface area contributed by atoms with Crippen LogP contribution in [0.3, 0.4) is 0 Å². The zero-order valence-corrected chi connectivity index (χ0v) is 13.5. The zero-order valence-electron chi connectivity index (χ0n) is 12.8. The SMILES string of the molecule is COc1ccc(C2C(=O)c3ccc(Cl)nc3CC2(C)C)nc1. The first-order chi connectivity index (χ1) is 10.4. The number of pyridine rings is 2. The lowest BCUT2D eigenvalue weighted by Gasteiger charge is -2.37. The molecule has 0 saturated carbocycles. The number of methoxy groups -OCH3 is 1. The number of hydrogen-bond donors (Lipinski definition) is 0. The molecule has 114 valence electrons. The Labute approximate surface area is 134 Å². The predicted molar refractivity (Wildman–Crippen MR) is 84.6 cm³/mol. The number of ether oxygens (including phenoxy) is 1. The second kappa shape index (κ2) is 5.36. The van der Waals surface area contributed by atoms with Crippen molar-refractivity contribution < 1.29 is 9.53 Å². The number of nitrogens with zero attached hydrogens (tertiary/aromatic N) is 2. The van der Waals surface area contributed by atoms with E-state index in [4.69, 9.17) is 16.3 Å². The van der Waals surface area contributed by atoms with Crippen molar-refractivity contribution in [3.63, 3.8) is 0 Å². The molecule has 0 radical (unpaired) electrons. The van der Waals surface area contributed by atoms with Crippen molar-refractivity contribution in [1.29, 1.82) is 0 Å². The van der Waals surface area contributed by atoms with Crippen LogP contribution in [-0.2, 0) is 6.42 Å². The summed E-state index contributed by atoms with van der Waals surface area (Å²) in [6, 6.07) is 7.12. The summed E-state index contributed by atoms with van der Waals surface area (Å²) >= 11 is 5.96. The molecular formula is C17H17ClN2O2. The van der Waals surface area contributed by atoms with E-state index in [1.807, 2.05) is 12.1 Å². The third-order valence-corrected chi connectivity index (χ3v) is 4.37. The van der Waals surface area contributed by atoms with Gasteiger partial charge in [0.1, 0.15) is 10.9 Å². The van der Waals surface area contributed by atoms with Crippen LogP contribution >= 0.6 is 11.6 Å². The molecule has 0 aromatic carbocycles. The standard InChI is InChI=1S/C17H17ClN2O2/c1-17(2)8-13-11(5-7-14(18)20-13)16(21)15(17)12-6-4-10(22-3)9-19-12/h4-7,9,15H,8H2,1-3H3. The highest BCUT2D eigenvalue weighted by atomic mass is 35.5. The largest absolute Gasteiger partial charge is 0.495 e. The number of fused-ring (bicyclic) bond motifs is 1. The van der Waals surface area contributed by atoms with E-state index in [-0.39, 0.29) is 17.1 Å². The number of rotatable bonds is 2. The Hall–Kier alpha value is -1.94. The fourth-order valence-electron chi connectivity index (χ4n) is 3.10. The number of carbonyl (C=O) groups excluding carboxylic acids is 1. The minimum absolute atomic E-state index is 0.0492. The van der Waals surface area contributed by atoms with Gasteiger partial charge in [-0.25, -0.2) is 4.98 Å². The van der Waals surface area contributed by atoms with E-state index >= 15 is 0 Å². The third kappa shape index (κ3) is 2.48. The van der Waals surface area contributed by atoms with Gasteiger partial charge in [-0.3, -0.25) is 9.78 Å². The lowest BCUT2D eigenvalue weighted by atomic mass is 9.66. The highest BCUT2D eigenvalue weighted by Crippen LogP contribution is 2.44. The lowest BCUT2D eigenvalue weighted by molar-refractivity contribution is 0.0854. The first-order valence-corrected chi connectivity index (χ1v) is 7.50. The van der Waals surface area contributed by atoms with Gasteiger partial charge in [-0.1, -0.05) is 25.4 Å². The maximum absolute atomic E-state index is 12.9. The zero-order chi connectivity index (χ0) is 15.9. The third-order valence-electron chi connectivity index (χ3n) is 4.16. The molecule has 1 atom stereocenters. The van der Waals surface area contributed by atoms with Crippen molar-refractivity contribution in [3.8, 4) is 5.75 Å². The van der Waals surface area contributed by atoms with E-state index in [9.17, 15) is 4.79 Å². The van der Waals surface area contributed by atoms with Gasteiger partial charge in [0.25, 0.3) is 0 Å². The molecule has 0 saturated heterocycles. The van der Waals surface area contributed by atoms with Gasteiger partial charge in [-0.15, -0.1) is 0 Å². The van der Waals surface area contributed by atoms with E-state index in [1.54, 1.807) is 25.4 Å². The van der Waals surface area contributed by atoms with Crippen LogP contribution in [0.1, 0.15) is 41.5 Å². The van der Waals surface area contributed by atoms with E-state index in [2.05, 4.69) is 23.8 Å². The number of carbonyl (C=O) groups is 1.